The second kappa shape index (κ2) is 14.9. The van der Waals surface area contributed by atoms with Crippen molar-refractivity contribution in [2.45, 2.75) is 82.8 Å². The lowest BCUT2D eigenvalue weighted by molar-refractivity contribution is -0.140. The Bertz CT molecular complexity index is 1560. The lowest BCUT2D eigenvalue weighted by Gasteiger charge is -2.35. The fraction of sp³-hybridized carbons (Fsp3) is 0.412. The molecular weight excluding hydrogens is 598 g/mol. The molecule has 1 aliphatic rings. The number of nitrogens with one attached hydrogen (secondary N) is 1. The SMILES string of the molecule is CC[C@H](C(=O)NC1CCCCC1)N(Cc1ccccc1Cl)C(=O)CN(c1cc(C)ccc1OC)S(=O)(=O)c1ccc(C)cc1. The summed E-state index contributed by atoms with van der Waals surface area (Å²) in [7, 11) is -2.77. The van der Waals surface area contributed by atoms with E-state index in [0.717, 1.165) is 47.5 Å². The van der Waals surface area contributed by atoms with Gasteiger partial charge in [-0.25, -0.2) is 8.42 Å². The monoisotopic (exact) mass is 639 g/mol. The molecule has 10 heteroatoms. The number of amides is 2. The molecular formula is C34H42ClN3O5S. The van der Waals surface area contributed by atoms with Crippen LogP contribution >= 0.6 is 11.6 Å². The minimum absolute atomic E-state index is 0.0402. The van der Waals surface area contributed by atoms with Crippen molar-refractivity contribution in [2.24, 2.45) is 0 Å². The van der Waals surface area contributed by atoms with Crippen molar-refractivity contribution in [2.75, 3.05) is 18.0 Å². The van der Waals surface area contributed by atoms with Gasteiger partial charge < -0.3 is 15.0 Å². The second-order valence-electron chi connectivity index (χ2n) is 11.4. The summed E-state index contributed by atoms with van der Waals surface area (Å²) >= 11 is 6.52. The number of ether oxygens (including phenoxy) is 1. The average Bonchev–Trinajstić information content (AvgIpc) is 3.01. The molecule has 3 aromatic rings. The summed E-state index contributed by atoms with van der Waals surface area (Å²) in [4.78, 5) is 29.6. The van der Waals surface area contributed by atoms with Crippen molar-refractivity contribution >= 4 is 39.1 Å². The van der Waals surface area contributed by atoms with Gasteiger partial charge >= 0.3 is 0 Å². The lowest BCUT2D eigenvalue weighted by Crippen LogP contribution is -2.54. The van der Waals surface area contributed by atoms with Crippen molar-refractivity contribution in [3.8, 4) is 5.75 Å². The van der Waals surface area contributed by atoms with E-state index < -0.39 is 28.5 Å². The quantitative estimate of drug-likeness (QED) is 0.247. The van der Waals surface area contributed by atoms with Gasteiger partial charge in [0.25, 0.3) is 10.0 Å². The van der Waals surface area contributed by atoms with Gasteiger partial charge in [0.05, 0.1) is 17.7 Å². The number of sulfonamides is 1. The third-order valence-corrected chi connectivity index (χ3v) is 10.3. The van der Waals surface area contributed by atoms with Gasteiger partial charge in [0.15, 0.2) is 0 Å². The Labute approximate surface area is 266 Å². The van der Waals surface area contributed by atoms with E-state index in [4.69, 9.17) is 16.3 Å². The number of halogens is 1. The Kier molecular flexibility index (Phi) is 11.3. The molecule has 1 atom stereocenters. The highest BCUT2D eigenvalue weighted by atomic mass is 35.5. The second-order valence-corrected chi connectivity index (χ2v) is 13.7. The number of aryl methyl sites for hydroxylation is 2. The fourth-order valence-electron chi connectivity index (χ4n) is 5.62. The summed E-state index contributed by atoms with van der Waals surface area (Å²) in [6, 6.07) is 18.0. The molecule has 44 heavy (non-hydrogen) atoms. The van der Waals surface area contributed by atoms with Gasteiger partial charge in [-0.2, -0.15) is 0 Å². The molecule has 2 amide bonds. The summed E-state index contributed by atoms with van der Waals surface area (Å²) in [5.74, 6) is -0.477. The van der Waals surface area contributed by atoms with Crippen molar-refractivity contribution < 1.29 is 22.7 Å². The van der Waals surface area contributed by atoms with Crippen LogP contribution in [0.5, 0.6) is 5.75 Å². The standard InChI is InChI=1S/C34H42ClN3O5S/c1-5-30(34(40)36-27-12-7-6-8-13-27)37(22-26-11-9-10-14-29(26)35)33(39)23-38(31-21-25(3)17-20-32(31)43-4)44(41,42)28-18-15-24(2)16-19-28/h9-11,14-21,27,30H,5-8,12-13,22-23H2,1-4H3,(H,36,40)/t30-/m1/s1. The van der Waals surface area contributed by atoms with E-state index in [9.17, 15) is 18.0 Å². The van der Waals surface area contributed by atoms with Crippen molar-refractivity contribution in [3.63, 3.8) is 0 Å². The number of carbonyl (C=O) groups is 2. The van der Waals surface area contributed by atoms with E-state index in [1.54, 1.807) is 42.5 Å². The van der Waals surface area contributed by atoms with Crippen LogP contribution in [0.3, 0.4) is 0 Å². The van der Waals surface area contributed by atoms with Gasteiger partial charge in [0.1, 0.15) is 18.3 Å². The topological polar surface area (TPSA) is 96.0 Å². The predicted molar refractivity (Wildman–Crippen MR) is 175 cm³/mol. The molecule has 0 unspecified atom stereocenters. The number of carbonyl (C=O) groups excluding carboxylic acids is 2. The van der Waals surface area contributed by atoms with Gasteiger partial charge in [-0.05, 0) is 74.6 Å². The summed E-state index contributed by atoms with van der Waals surface area (Å²) in [6.07, 6.45) is 5.39. The largest absolute Gasteiger partial charge is 0.495 e. The van der Waals surface area contributed by atoms with Crippen LogP contribution < -0.4 is 14.4 Å². The number of rotatable bonds is 12. The highest BCUT2D eigenvalue weighted by molar-refractivity contribution is 7.92. The van der Waals surface area contributed by atoms with Gasteiger partial charge in [-0.1, -0.05) is 79.7 Å². The molecule has 0 spiro atoms. The molecule has 236 valence electrons. The maximum atomic E-state index is 14.4. The van der Waals surface area contributed by atoms with Crippen LogP contribution in [0.15, 0.2) is 71.6 Å². The van der Waals surface area contributed by atoms with E-state index in [2.05, 4.69) is 5.32 Å². The van der Waals surface area contributed by atoms with Crippen LogP contribution in [-0.4, -0.2) is 50.9 Å². The molecule has 0 saturated heterocycles. The zero-order valence-corrected chi connectivity index (χ0v) is 27.5. The van der Waals surface area contributed by atoms with Crippen LogP contribution in [0.2, 0.25) is 5.02 Å². The molecule has 0 radical (unpaired) electrons. The maximum absolute atomic E-state index is 14.4. The third-order valence-electron chi connectivity index (χ3n) is 8.13. The number of methoxy groups -OCH3 is 1. The Morgan fingerprint density at radius 3 is 2.27 bits per heavy atom. The number of hydrogen-bond donors (Lipinski definition) is 1. The van der Waals surface area contributed by atoms with Crippen LogP contribution in [-0.2, 0) is 26.2 Å². The average molecular weight is 640 g/mol. The first kappa shape index (κ1) is 33.3. The highest BCUT2D eigenvalue weighted by Gasteiger charge is 2.35. The molecule has 4 rings (SSSR count). The molecule has 0 bridgehead atoms. The zero-order valence-electron chi connectivity index (χ0n) is 25.9. The molecule has 0 aromatic heterocycles. The summed E-state index contributed by atoms with van der Waals surface area (Å²) in [5, 5.41) is 3.62. The van der Waals surface area contributed by atoms with Gasteiger partial charge in [-0.3, -0.25) is 13.9 Å². The van der Waals surface area contributed by atoms with E-state index in [0.29, 0.717) is 22.8 Å². The molecule has 0 heterocycles. The van der Waals surface area contributed by atoms with Crippen LogP contribution in [0.1, 0.15) is 62.1 Å². The summed E-state index contributed by atoms with van der Waals surface area (Å²) in [5.41, 5.74) is 2.59. The van der Waals surface area contributed by atoms with Gasteiger partial charge in [-0.15, -0.1) is 0 Å². The highest BCUT2D eigenvalue weighted by Crippen LogP contribution is 2.34. The molecule has 1 fully saturated rings. The molecule has 8 nitrogen and oxygen atoms in total. The molecule has 3 aromatic carbocycles. The van der Waals surface area contributed by atoms with Gasteiger partial charge in [0, 0.05) is 17.6 Å². The molecule has 1 N–H and O–H groups in total. The predicted octanol–water partition coefficient (Wildman–Crippen LogP) is 6.42. The van der Waals surface area contributed by atoms with E-state index in [1.165, 1.54) is 24.1 Å². The molecule has 1 aliphatic carbocycles. The smallest absolute Gasteiger partial charge is 0.264 e. The van der Waals surface area contributed by atoms with Crippen molar-refractivity contribution in [1.82, 2.24) is 10.2 Å². The van der Waals surface area contributed by atoms with Crippen molar-refractivity contribution in [3.05, 3.63) is 88.4 Å². The third kappa shape index (κ3) is 7.93. The Morgan fingerprint density at radius 2 is 1.64 bits per heavy atom. The lowest BCUT2D eigenvalue weighted by atomic mass is 9.95. The number of nitrogens with zero attached hydrogens (tertiary/aromatic N) is 2. The summed E-state index contributed by atoms with van der Waals surface area (Å²) < 4.78 is 35.1. The minimum Gasteiger partial charge on any atom is -0.495 e. The first-order valence-corrected chi connectivity index (χ1v) is 16.9. The normalized spacial score (nSPS) is 14.5. The number of anilines is 1. The minimum atomic E-state index is -4.23. The van der Waals surface area contributed by atoms with Crippen LogP contribution in [0, 0.1) is 13.8 Å². The van der Waals surface area contributed by atoms with Crippen LogP contribution in [0.25, 0.3) is 0 Å². The summed E-state index contributed by atoms with van der Waals surface area (Å²) in [6.45, 7) is 5.06. The first-order chi connectivity index (χ1) is 21.0. The molecule has 1 saturated carbocycles. The Morgan fingerprint density at radius 1 is 0.977 bits per heavy atom. The van der Waals surface area contributed by atoms with E-state index in [1.807, 2.05) is 32.9 Å². The van der Waals surface area contributed by atoms with Gasteiger partial charge in [0.2, 0.25) is 11.8 Å². The Hall–Kier alpha value is -3.56. The van der Waals surface area contributed by atoms with E-state index in [-0.39, 0.29) is 29.1 Å². The fourth-order valence-corrected chi connectivity index (χ4v) is 7.23. The first-order valence-electron chi connectivity index (χ1n) is 15.1. The Balaban J connectivity index is 1.77. The number of hydrogen-bond acceptors (Lipinski definition) is 5. The van der Waals surface area contributed by atoms with Crippen LogP contribution in [0.4, 0.5) is 5.69 Å². The zero-order chi connectivity index (χ0) is 31.9. The molecule has 0 aliphatic heterocycles. The number of benzene rings is 3. The van der Waals surface area contributed by atoms with Crippen molar-refractivity contribution in [1.29, 1.82) is 0 Å². The van der Waals surface area contributed by atoms with E-state index >= 15 is 0 Å². The maximum Gasteiger partial charge on any atom is 0.264 e.